The van der Waals surface area contributed by atoms with Crippen molar-refractivity contribution in [1.29, 1.82) is 0 Å². The van der Waals surface area contributed by atoms with Crippen LogP contribution in [0.4, 0.5) is 0 Å². The van der Waals surface area contributed by atoms with Crippen molar-refractivity contribution in [2.75, 3.05) is 0 Å². The standard InChI is InChI=1S/C12H18N4/c1-2-6-10(13)12-14-11(15-16-12)9-7-4-3-5-8-9/h1,9-10H,3-8,13H2,(H,14,15,16). The highest BCUT2D eigenvalue weighted by Crippen LogP contribution is 2.30. The average molecular weight is 218 g/mol. The van der Waals surface area contributed by atoms with E-state index in [1.807, 2.05) is 0 Å². The Hall–Kier alpha value is -1.34. The summed E-state index contributed by atoms with van der Waals surface area (Å²) in [5, 5.41) is 7.16. The molecule has 1 aliphatic rings. The van der Waals surface area contributed by atoms with E-state index in [1.54, 1.807) is 0 Å². The smallest absolute Gasteiger partial charge is 0.168 e. The van der Waals surface area contributed by atoms with Crippen LogP contribution in [0.15, 0.2) is 0 Å². The van der Waals surface area contributed by atoms with Gasteiger partial charge in [0.1, 0.15) is 5.82 Å². The molecule has 1 saturated carbocycles. The maximum atomic E-state index is 5.86. The van der Waals surface area contributed by atoms with Gasteiger partial charge >= 0.3 is 0 Å². The third kappa shape index (κ3) is 2.42. The second kappa shape index (κ2) is 5.13. The van der Waals surface area contributed by atoms with E-state index in [0.717, 1.165) is 5.82 Å². The van der Waals surface area contributed by atoms with Crippen LogP contribution in [0.1, 0.15) is 62.1 Å². The molecule has 1 fully saturated rings. The molecule has 1 aliphatic carbocycles. The topological polar surface area (TPSA) is 67.6 Å². The molecule has 3 N–H and O–H groups in total. The van der Waals surface area contributed by atoms with E-state index in [9.17, 15) is 0 Å². The van der Waals surface area contributed by atoms with Gasteiger partial charge < -0.3 is 5.73 Å². The van der Waals surface area contributed by atoms with Crippen LogP contribution >= 0.6 is 0 Å². The number of rotatable bonds is 3. The average Bonchev–Trinajstić information content (AvgIpc) is 2.80. The molecule has 0 bridgehead atoms. The molecule has 1 aromatic heterocycles. The van der Waals surface area contributed by atoms with Gasteiger partial charge in [0, 0.05) is 12.3 Å². The Morgan fingerprint density at radius 1 is 1.44 bits per heavy atom. The minimum Gasteiger partial charge on any atom is -0.320 e. The van der Waals surface area contributed by atoms with Gasteiger partial charge in [-0.25, -0.2) is 4.98 Å². The molecule has 0 spiro atoms. The van der Waals surface area contributed by atoms with E-state index in [0.29, 0.717) is 18.2 Å². The molecular formula is C12H18N4. The van der Waals surface area contributed by atoms with E-state index in [-0.39, 0.29) is 6.04 Å². The van der Waals surface area contributed by atoms with Crippen LogP contribution in [0.3, 0.4) is 0 Å². The van der Waals surface area contributed by atoms with Gasteiger partial charge in [-0.2, -0.15) is 5.10 Å². The number of H-pyrrole nitrogens is 1. The van der Waals surface area contributed by atoms with Crippen LogP contribution in [-0.4, -0.2) is 15.2 Å². The fourth-order valence-corrected chi connectivity index (χ4v) is 2.23. The second-order valence-corrected chi connectivity index (χ2v) is 4.43. The van der Waals surface area contributed by atoms with Crippen molar-refractivity contribution in [3.05, 3.63) is 11.6 Å². The predicted molar refractivity (Wildman–Crippen MR) is 62.6 cm³/mol. The Balaban J connectivity index is 2.04. The van der Waals surface area contributed by atoms with Gasteiger partial charge in [0.05, 0.1) is 6.04 Å². The summed E-state index contributed by atoms with van der Waals surface area (Å²) >= 11 is 0. The maximum Gasteiger partial charge on any atom is 0.168 e. The van der Waals surface area contributed by atoms with Crippen LogP contribution in [0.5, 0.6) is 0 Å². The molecule has 4 heteroatoms. The number of terminal acetylenes is 1. The van der Waals surface area contributed by atoms with Crippen LogP contribution in [0.25, 0.3) is 0 Å². The van der Waals surface area contributed by atoms with Gasteiger partial charge in [0.2, 0.25) is 0 Å². The third-order valence-electron chi connectivity index (χ3n) is 3.18. The summed E-state index contributed by atoms with van der Waals surface area (Å²) in [6.45, 7) is 0. The summed E-state index contributed by atoms with van der Waals surface area (Å²) in [6.07, 6.45) is 12.0. The fraction of sp³-hybridized carbons (Fsp3) is 0.667. The lowest BCUT2D eigenvalue weighted by atomic mass is 9.89. The number of hydrogen-bond acceptors (Lipinski definition) is 3. The van der Waals surface area contributed by atoms with Crippen molar-refractivity contribution in [3.63, 3.8) is 0 Å². The highest BCUT2D eigenvalue weighted by atomic mass is 15.2. The first-order valence-corrected chi connectivity index (χ1v) is 5.92. The minimum atomic E-state index is -0.237. The van der Waals surface area contributed by atoms with E-state index in [4.69, 9.17) is 12.2 Å². The molecule has 1 heterocycles. The molecule has 0 saturated heterocycles. The lowest BCUT2D eigenvalue weighted by Crippen LogP contribution is -2.11. The molecule has 0 amide bonds. The Morgan fingerprint density at radius 3 is 2.88 bits per heavy atom. The normalized spacial score (nSPS) is 19.2. The summed E-state index contributed by atoms with van der Waals surface area (Å²) in [4.78, 5) is 4.47. The molecule has 4 nitrogen and oxygen atoms in total. The number of nitrogens with zero attached hydrogens (tertiary/aromatic N) is 2. The molecule has 2 rings (SSSR count). The molecule has 1 unspecified atom stereocenters. The molecule has 86 valence electrons. The number of nitrogens with one attached hydrogen (secondary N) is 1. The Labute approximate surface area is 96.0 Å². The largest absolute Gasteiger partial charge is 0.320 e. The molecular weight excluding hydrogens is 200 g/mol. The maximum absolute atomic E-state index is 5.86. The highest BCUT2D eigenvalue weighted by molar-refractivity contribution is 5.04. The molecule has 1 atom stereocenters. The summed E-state index contributed by atoms with van der Waals surface area (Å²) in [5.74, 6) is 4.71. The first-order valence-electron chi connectivity index (χ1n) is 5.92. The molecule has 1 aromatic rings. The van der Waals surface area contributed by atoms with Crippen molar-refractivity contribution >= 4 is 0 Å². The van der Waals surface area contributed by atoms with E-state index in [2.05, 4.69) is 21.1 Å². The van der Waals surface area contributed by atoms with Crippen molar-refractivity contribution in [2.45, 2.75) is 50.5 Å². The first-order chi connectivity index (χ1) is 7.81. The van der Waals surface area contributed by atoms with Crippen molar-refractivity contribution in [3.8, 4) is 12.3 Å². The number of aromatic amines is 1. The molecule has 0 radical (unpaired) electrons. The zero-order valence-electron chi connectivity index (χ0n) is 9.45. The Kier molecular flexibility index (Phi) is 3.58. The van der Waals surface area contributed by atoms with Gasteiger partial charge in [0.15, 0.2) is 5.82 Å². The highest BCUT2D eigenvalue weighted by Gasteiger charge is 2.20. The van der Waals surface area contributed by atoms with E-state index >= 15 is 0 Å². The number of aromatic nitrogens is 3. The quantitative estimate of drug-likeness (QED) is 0.761. The van der Waals surface area contributed by atoms with Crippen LogP contribution < -0.4 is 5.73 Å². The summed E-state index contributed by atoms with van der Waals surface area (Å²) < 4.78 is 0. The van der Waals surface area contributed by atoms with Gasteiger partial charge in [-0.3, -0.25) is 5.10 Å². The van der Waals surface area contributed by atoms with E-state index in [1.165, 1.54) is 32.1 Å². The van der Waals surface area contributed by atoms with Gasteiger partial charge in [-0.15, -0.1) is 12.3 Å². The van der Waals surface area contributed by atoms with Crippen LogP contribution in [0.2, 0.25) is 0 Å². The van der Waals surface area contributed by atoms with Crippen molar-refractivity contribution < 1.29 is 0 Å². The minimum absolute atomic E-state index is 0.237. The van der Waals surface area contributed by atoms with Crippen molar-refractivity contribution in [2.24, 2.45) is 5.73 Å². The van der Waals surface area contributed by atoms with Crippen LogP contribution in [0, 0.1) is 12.3 Å². The Morgan fingerprint density at radius 2 is 2.19 bits per heavy atom. The summed E-state index contributed by atoms with van der Waals surface area (Å²) in [6, 6.07) is -0.237. The second-order valence-electron chi connectivity index (χ2n) is 4.43. The Bertz CT molecular complexity index is 371. The zero-order valence-corrected chi connectivity index (χ0v) is 9.45. The van der Waals surface area contributed by atoms with Gasteiger partial charge in [0.25, 0.3) is 0 Å². The zero-order chi connectivity index (χ0) is 11.4. The monoisotopic (exact) mass is 218 g/mol. The van der Waals surface area contributed by atoms with Crippen LogP contribution in [-0.2, 0) is 0 Å². The molecule has 16 heavy (non-hydrogen) atoms. The van der Waals surface area contributed by atoms with E-state index < -0.39 is 0 Å². The SMILES string of the molecule is C#CCC(N)c1n[nH]c(C2CCCCC2)n1. The van der Waals surface area contributed by atoms with Gasteiger partial charge in [-0.05, 0) is 12.8 Å². The summed E-state index contributed by atoms with van der Waals surface area (Å²) in [7, 11) is 0. The lowest BCUT2D eigenvalue weighted by Gasteiger charge is -2.18. The fourth-order valence-electron chi connectivity index (χ4n) is 2.23. The summed E-state index contributed by atoms with van der Waals surface area (Å²) in [5.41, 5.74) is 5.86. The lowest BCUT2D eigenvalue weighted by molar-refractivity contribution is 0.429. The molecule has 0 aliphatic heterocycles. The van der Waals surface area contributed by atoms with Gasteiger partial charge in [-0.1, -0.05) is 19.3 Å². The predicted octanol–water partition coefficient (Wildman–Crippen LogP) is 1.88. The first kappa shape index (κ1) is 11.2. The number of hydrogen-bond donors (Lipinski definition) is 2. The molecule has 0 aromatic carbocycles. The third-order valence-corrected chi connectivity index (χ3v) is 3.18. The van der Waals surface area contributed by atoms with Crippen molar-refractivity contribution in [1.82, 2.24) is 15.2 Å². The number of nitrogens with two attached hydrogens (primary N) is 1.